The summed E-state index contributed by atoms with van der Waals surface area (Å²) in [4.78, 5) is 25.0. The van der Waals surface area contributed by atoms with Crippen LogP contribution in [0.5, 0.6) is 5.75 Å². The minimum atomic E-state index is -3.74. The topological polar surface area (TPSA) is 92.8 Å². The molecule has 1 saturated heterocycles. The highest BCUT2D eigenvalue weighted by Gasteiger charge is 2.31. The number of piperidine rings is 1. The van der Waals surface area contributed by atoms with E-state index in [0.717, 1.165) is 30.6 Å². The molecule has 9 heteroatoms. The van der Waals surface area contributed by atoms with Crippen LogP contribution in [0.1, 0.15) is 39.3 Å². The van der Waals surface area contributed by atoms with Crippen LogP contribution in [0.3, 0.4) is 0 Å². The molecule has 3 aromatic rings. The Labute approximate surface area is 190 Å². The van der Waals surface area contributed by atoms with Gasteiger partial charge >= 0.3 is 5.97 Å². The van der Waals surface area contributed by atoms with Crippen molar-refractivity contribution >= 4 is 38.9 Å². The second kappa shape index (κ2) is 9.64. The lowest BCUT2D eigenvalue weighted by Gasteiger charge is -2.25. The summed E-state index contributed by atoms with van der Waals surface area (Å²) in [6, 6.07) is 16.6. The summed E-state index contributed by atoms with van der Waals surface area (Å²) in [7, 11) is -3.74. The molecule has 7 nitrogen and oxygen atoms in total. The Hall–Kier alpha value is -3.01. The number of hydrogen-bond acceptors (Lipinski definition) is 6. The Bertz CT molecular complexity index is 1200. The van der Waals surface area contributed by atoms with E-state index in [9.17, 15) is 18.0 Å². The molecule has 0 atom stereocenters. The standard InChI is InChI=1S/C23H22N2O5S2/c26-22(17-7-3-1-4-8-17)24-18-9-11-19(12-10-18)30-23(27)21-20(13-16-31-21)32(28,29)25-14-5-2-6-15-25/h1,3-4,7-13,16H,2,5-6,14-15H2,(H,24,26). The van der Waals surface area contributed by atoms with Gasteiger partial charge in [-0.05, 0) is 60.7 Å². The van der Waals surface area contributed by atoms with Gasteiger partial charge in [-0.25, -0.2) is 13.2 Å². The normalized spacial score (nSPS) is 14.6. The number of thiophene rings is 1. The van der Waals surface area contributed by atoms with Crippen LogP contribution in [0.2, 0.25) is 0 Å². The zero-order valence-corrected chi connectivity index (χ0v) is 18.8. The number of ether oxygens (including phenoxy) is 1. The molecule has 2 heterocycles. The Kier molecular flexibility index (Phi) is 6.69. The fourth-order valence-corrected chi connectivity index (χ4v) is 6.23. The number of esters is 1. The SMILES string of the molecule is O=C(Nc1ccc(OC(=O)c2sccc2S(=O)(=O)N2CCCCC2)cc1)c1ccccc1. The third-order valence-electron chi connectivity index (χ3n) is 5.11. The van der Waals surface area contributed by atoms with Gasteiger partial charge in [-0.15, -0.1) is 11.3 Å². The number of nitrogens with one attached hydrogen (secondary N) is 1. The summed E-state index contributed by atoms with van der Waals surface area (Å²) in [5, 5.41) is 4.35. The monoisotopic (exact) mass is 470 g/mol. The van der Waals surface area contributed by atoms with Gasteiger partial charge in [0.25, 0.3) is 5.91 Å². The minimum absolute atomic E-state index is 0.0128. The maximum absolute atomic E-state index is 13.0. The summed E-state index contributed by atoms with van der Waals surface area (Å²) in [6.45, 7) is 0.922. The van der Waals surface area contributed by atoms with Gasteiger partial charge in [0, 0.05) is 24.3 Å². The van der Waals surface area contributed by atoms with Gasteiger partial charge in [0.15, 0.2) is 0 Å². The molecule has 0 bridgehead atoms. The number of amides is 1. The fraction of sp³-hybridized carbons (Fsp3) is 0.217. The largest absolute Gasteiger partial charge is 0.422 e. The van der Waals surface area contributed by atoms with Gasteiger partial charge in [0.1, 0.15) is 15.5 Å². The lowest BCUT2D eigenvalue weighted by Crippen LogP contribution is -2.36. The molecule has 0 radical (unpaired) electrons. The van der Waals surface area contributed by atoms with Crippen LogP contribution < -0.4 is 10.1 Å². The van der Waals surface area contributed by atoms with Crippen LogP contribution >= 0.6 is 11.3 Å². The molecule has 0 aliphatic carbocycles. The predicted octanol–water partition coefficient (Wildman–Crippen LogP) is 4.39. The molecule has 1 aliphatic rings. The van der Waals surface area contributed by atoms with Gasteiger partial charge in [-0.3, -0.25) is 4.79 Å². The lowest BCUT2D eigenvalue weighted by atomic mass is 10.2. The highest BCUT2D eigenvalue weighted by Crippen LogP contribution is 2.28. The van der Waals surface area contributed by atoms with Crippen LogP contribution in [-0.4, -0.2) is 37.7 Å². The summed E-state index contributed by atoms with van der Waals surface area (Å²) in [5.74, 6) is -0.722. The molecule has 32 heavy (non-hydrogen) atoms. The molecule has 1 N–H and O–H groups in total. The number of hydrogen-bond donors (Lipinski definition) is 1. The van der Waals surface area contributed by atoms with E-state index in [1.807, 2.05) is 6.07 Å². The van der Waals surface area contributed by atoms with E-state index in [0.29, 0.717) is 24.3 Å². The predicted molar refractivity (Wildman–Crippen MR) is 123 cm³/mol. The quantitative estimate of drug-likeness (QED) is 0.426. The number of benzene rings is 2. The number of nitrogens with zero attached hydrogens (tertiary/aromatic N) is 1. The third-order valence-corrected chi connectivity index (χ3v) is 8.07. The first-order valence-electron chi connectivity index (χ1n) is 10.2. The first-order chi connectivity index (χ1) is 15.4. The van der Waals surface area contributed by atoms with E-state index in [-0.39, 0.29) is 21.4 Å². The molecular weight excluding hydrogens is 448 g/mol. The van der Waals surface area contributed by atoms with E-state index >= 15 is 0 Å². The first-order valence-corrected chi connectivity index (χ1v) is 12.5. The summed E-state index contributed by atoms with van der Waals surface area (Å²) >= 11 is 1.04. The second-order valence-electron chi connectivity index (χ2n) is 7.31. The van der Waals surface area contributed by atoms with Gasteiger partial charge < -0.3 is 10.1 Å². The van der Waals surface area contributed by atoms with E-state index in [4.69, 9.17) is 4.74 Å². The first kappa shape index (κ1) is 22.2. The van der Waals surface area contributed by atoms with Gasteiger partial charge in [-0.1, -0.05) is 24.6 Å². The average Bonchev–Trinajstić information content (AvgIpc) is 3.33. The second-order valence-corrected chi connectivity index (χ2v) is 10.1. The molecule has 4 rings (SSSR count). The highest BCUT2D eigenvalue weighted by molar-refractivity contribution is 7.89. The maximum Gasteiger partial charge on any atom is 0.355 e. The lowest BCUT2D eigenvalue weighted by molar-refractivity contribution is 0.0735. The third kappa shape index (κ3) is 4.90. The summed E-state index contributed by atoms with van der Waals surface area (Å²) in [5.41, 5.74) is 1.08. The van der Waals surface area contributed by atoms with Crippen molar-refractivity contribution in [3.05, 3.63) is 76.5 Å². The van der Waals surface area contributed by atoms with E-state index in [1.54, 1.807) is 53.9 Å². The molecule has 1 aliphatic heterocycles. The van der Waals surface area contributed by atoms with Crippen molar-refractivity contribution in [2.24, 2.45) is 0 Å². The molecule has 166 valence electrons. The van der Waals surface area contributed by atoms with Gasteiger partial charge in [0.2, 0.25) is 10.0 Å². The summed E-state index contributed by atoms with van der Waals surface area (Å²) in [6.07, 6.45) is 2.64. The van der Waals surface area contributed by atoms with Gasteiger partial charge in [-0.2, -0.15) is 4.31 Å². The average molecular weight is 471 g/mol. The maximum atomic E-state index is 13.0. The van der Waals surface area contributed by atoms with Crippen molar-refractivity contribution in [1.29, 1.82) is 0 Å². The van der Waals surface area contributed by atoms with Crippen LogP contribution in [-0.2, 0) is 10.0 Å². The molecule has 0 spiro atoms. The molecule has 2 aromatic carbocycles. The van der Waals surface area contributed by atoms with Crippen molar-refractivity contribution in [2.75, 3.05) is 18.4 Å². The number of rotatable bonds is 6. The Morgan fingerprint density at radius 2 is 1.59 bits per heavy atom. The highest BCUT2D eigenvalue weighted by atomic mass is 32.2. The van der Waals surface area contributed by atoms with Crippen molar-refractivity contribution in [3.8, 4) is 5.75 Å². The van der Waals surface area contributed by atoms with Gasteiger partial charge in [0.05, 0.1) is 0 Å². The van der Waals surface area contributed by atoms with Crippen molar-refractivity contribution in [3.63, 3.8) is 0 Å². The van der Waals surface area contributed by atoms with E-state index < -0.39 is 16.0 Å². The number of carbonyl (C=O) groups is 2. The zero-order valence-electron chi connectivity index (χ0n) is 17.2. The van der Waals surface area contributed by atoms with Crippen LogP contribution in [0.15, 0.2) is 70.9 Å². The molecule has 1 fully saturated rings. The Balaban J connectivity index is 1.44. The molecule has 0 saturated carbocycles. The van der Waals surface area contributed by atoms with Crippen LogP contribution in [0.4, 0.5) is 5.69 Å². The van der Waals surface area contributed by atoms with Crippen molar-refractivity contribution in [1.82, 2.24) is 4.31 Å². The van der Waals surface area contributed by atoms with Crippen LogP contribution in [0, 0.1) is 0 Å². The minimum Gasteiger partial charge on any atom is -0.422 e. The molecule has 0 unspecified atom stereocenters. The zero-order chi connectivity index (χ0) is 22.6. The smallest absolute Gasteiger partial charge is 0.355 e. The molecular formula is C23H22N2O5S2. The molecule has 1 amide bonds. The van der Waals surface area contributed by atoms with Crippen molar-refractivity contribution < 1.29 is 22.7 Å². The number of sulfonamides is 1. The fourth-order valence-electron chi connectivity index (χ4n) is 3.45. The number of carbonyl (C=O) groups excluding carboxylic acids is 2. The van der Waals surface area contributed by atoms with Crippen LogP contribution in [0.25, 0.3) is 0 Å². The van der Waals surface area contributed by atoms with E-state index in [1.165, 1.54) is 10.4 Å². The van der Waals surface area contributed by atoms with E-state index in [2.05, 4.69) is 5.32 Å². The van der Waals surface area contributed by atoms with Crippen molar-refractivity contribution in [2.45, 2.75) is 24.2 Å². The Morgan fingerprint density at radius 3 is 2.28 bits per heavy atom. The number of anilines is 1. The summed E-state index contributed by atoms with van der Waals surface area (Å²) < 4.78 is 32.8. The Morgan fingerprint density at radius 1 is 0.906 bits per heavy atom. The molecule has 1 aromatic heterocycles.